The third kappa shape index (κ3) is 3.45. The van der Waals surface area contributed by atoms with Gasteiger partial charge in [0.2, 0.25) is 0 Å². The van der Waals surface area contributed by atoms with Gasteiger partial charge in [0.25, 0.3) is 0 Å². The first-order valence-electron chi connectivity index (χ1n) is 7.88. The molecule has 0 bridgehead atoms. The number of nitrogens with zero attached hydrogens (tertiary/aromatic N) is 1. The molecule has 1 aliphatic heterocycles. The summed E-state index contributed by atoms with van der Waals surface area (Å²) < 4.78 is 5.64. The molecule has 2 atom stereocenters. The molecular formula is C17H28N2O. The Kier molecular flexibility index (Phi) is 5.30. The van der Waals surface area contributed by atoms with Crippen LogP contribution in [0.4, 0.5) is 5.69 Å². The van der Waals surface area contributed by atoms with Crippen molar-refractivity contribution in [1.82, 2.24) is 5.32 Å². The lowest BCUT2D eigenvalue weighted by atomic mass is 9.98. The highest BCUT2D eigenvalue weighted by Gasteiger charge is 2.28. The van der Waals surface area contributed by atoms with Crippen molar-refractivity contribution in [2.45, 2.75) is 46.2 Å². The molecule has 0 aromatic heterocycles. The van der Waals surface area contributed by atoms with Gasteiger partial charge in [0.05, 0.1) is 6.61 Å². The number of hydrogen-bond donors (Lipinski definition) is 1. The fourth-order valence-corrected chi connectivity index (χ4v) is 2.87. The van der Waals surface area contributed by atoms with Gasteiger partial charge in [-0.15, -0.1) is 0 Å². The monoisotopic (exact) mass is 276 g/mol. The van der Waals surface area contributed by atoms with Crippen LogP contribution in [0.15, 0.2) is 24.3 Å². The Labute approximate surface area is 123 Å². The van der Waals surface area contributed by atoms with Gasteiger partial charge < -0.3 is 15.0 Å². The number of rotatable bonds is 5. The molecule has 0 spiro atoms. The maximum absolute atomic E-state index is 5.64. The fraction of sp³-hybridized carbons (Fsp3) is 0.647. The molecule has 0 saturated carbocycles. The number of ether oxygens (including phenoxy) is 1. The van der Waals surface area contributed by atoms with Crippen LogP contribution in [0.5, 0.6) is 5.75 Å². The molecule has 2 unspecified atom stereocenters. The van der Waals surface area contributed by atoms with Crippen LogP contribution in [0, 0.1) is 5.92 Å². The van der Waals surface area contributed by atoms with Crippen molar-refractivity contribution in [3.63, 3.8) is 0 Å². The van der Waals surface area contributed by atoms with Gasteiger partial charge in [-0.05, 0) is 31.4 Å². The number of anilines is 1. The van der Waals surface area contributed by atoms with Crippen molar-refractivity contribution in [2.75, 3.05) is 24.6 Å². The topological polar surface area (TPSA) is 24.5 Å². The quantitative estimate of drug-likeness (QED) is 0.893. The summed E-state index contributed by atoms with van der Waals surface area (Å²) in [7, 11) is 0. The molecule has 3 nitrogen and oxygen atoms in total. The summed E-state index contributed by atoms with van der Waals surface area (Å²) in [6.07, 6.45) is 1.16. The standard InChI is InChI=1S/C17H28N2O/c1-5-14-11-18-17(13(3)4)12-19(14)15-8-7-9-16(10-15)20-6-2/h7-10,13-14,17-18H,5-6,11-12H2,1-4H3. The van der Waals surface area contributed by atoms with E-state index in [1.807, 2.05) is 13.0 Å². The molecule has 1 heterocycles. The largest absolute Gasteiger partial charge is 0.494 e. The molecule has 20 heavy (non-hydrogen) atoms. The molecule has 0 amide bonds. The van der Waals surface area contributed by atoms with Gasteiger partial charge in [0.15, 0.2) is 0 Å². The average Bonchev–Trinajstić information content (AvgIpc) is 2.47. The first-order valence-corrected chi connectivity index (χ1v) is 7.88. The summed E-state index contributed by atoms with van der Waals surface area (Å²) in [5.41, 5.74) is 1.29. The van der Waals surface area contributed by atoms with E-state index in [1.165, 1.54) is 5.69 Å². The number of hydrogen-bond acceptors (Lipinski definition) is 3. The van der Waals surface area contributed by atoms with Crippen LogP contribution in [-0.2, 0) is 0 Å². The van der Waals surface area contributed by atoms with Gasteiger partial charge in [-0.2, -0.15) is 0 Å². The van der Waals surface area contributed by atoms with Gasteiger partial charge >= 0.3 is 0 Å². The lowest BCUT2D eigenvalue weighted by molar-refractivity contribution is 0.323. The highest BCUT2D eigenvalue weighted by atomic mass is 16.5. The van der Waals surface area contributed by atoms with Crippen molar-refractivity contribution in [3.8, 4) is 5.75 Å². The van der Waals surface area contributed by atoms with Crippen LogP contribution in [-0.4, -0.2) is 31.8 Å². The zero-order valence-corrected chi connectivity index (χ0v) is 13.2. The average molecular weight is 276 g/mol. The first kappa shape index (κ1) is 15.2. The summed E-state index contributed by atoms with van der Waals surface area (Å²) >= 11 is 0. The smallest absolute Gasteiger partial charge is 0.121 e. The van der Waals surface area contributed by atoms with Gasteiger partial charge in [0.1, 0.15) is 5.75 Å². The predicted octanol–water partition coefficient (Wildman–Crippen LogP) is 3.30. The Morgan fingerprint density at radius 3 is 2.80 bits per heavy atom. The fourth-order valence-electron chi connectivity index (χ4n) is 2.87. The summed E-state index contributed by atoms with van der Waals surface area (Å²) in [6, 6.07) is 9.65. The molecule has 1 aromatic rings. The summed E-state index contributed by atoms with van der Waals surface area (Å²) in [4.78, 5) is 2.55. The zero-order valence-electron chi connectivity index (χ0n) is 13.2. The molecule has 1 N–H and O–H groups in total. The molecular weight excluding hydrogens is 248 g/mol. The van der Waals surface area contributed by atoms with Crippen molar-refractivity contribution < 1.29 is 4.74 Å². The molecule has 2 rings (SSSR count). The SMILES string of the molecule is CCOc1cccc(N2CC(C(C)C)NCC2CC)c1. The minimum absolute atomic E-state index is 0.563. The minimum Gasteiger partial charge on any atom is -0.494 e. The van der Waals surface area contributed by atoms with Gasteiger partial charge in [-0.25, -0.2) is 0 Å². The Bertz CT molecular complexity index is 419. The second-order valence-electron chi connectivity index (χ2n) is 5.90. The maximum atomic E-state index is 5.64. The third-order valence-electron chi connectivity index (χ3n) is 4.19. The number of nitrogens with one attached hydrogen (secondary N) is 1. The molecule has 0 aliphatic carbocycles. The van der Waals surface area contributed by atoms with E-state index >= 15 is 0 Å². The van der Waals surface area contributed by atoms with Crippen molar-refractivity contribution in [3.05, 3.63) is 24.3 Å². The van der Waals surface area contributed by atoms with E-state index in [4.69, 9.17) is 4.74 Å². The summed E-state index contributed by atoms with van der Waals surface area (Å²) in [5, 5.41) is 3.69. The van der Waals surface area contributed by atoms with Gasteiger partial charge in [-0.3, -0.25) is 0 Å². The van der Waals surface area contributed by atoms with Crippen molar-refractivity contribution in [2.24, 2.45) is 5.92 Å². The molecule has 1 aliphatic rings. The van der Waals surface area contributed by atoms with E-state index in [2.05, 4.69) is 49.2 Å². The molecule has 1 saturated heterocycles. The van der Waals surface area contributed by atoms with Crippen molar-refractivity contribution >= 4 is 5.69 Å². The molecule has 3 heteroatoms. The summed E-state index contributed by atoms with van der Waals surface area (Å²) in [5.74, 6) is 1.63. The van der Waals surface area contributed by atoms with E-state index < -0.39 is 0 Å². The highest BCUT2D eigenvalue weighted by Crippen LogP contribution is 2.26. The van der Waals surface area contributed by atoms with Crippen LogP contribution in [0.2, 0.25) is 0 Å². The lowest BCUT2D eigenvalue weighted by Gasteiger charge is -2.43. The molecule has 112 valence electrons. The Hall–Kier alpha value is -1.22. The van der Waals surface area contributed by atoms with E-state index in [9.17, 15) is 0 Å². The van der Waals surface area contributed by atoms with Crippen LogP contribution >= 0.6 is 0 Å². The third-order valence-corrected chi connectivity index (χ3v) is 4.19. The second-order valence-corrected chi connectivity index (χ2v) is 5.90. The molecule has 0 radical (unpaired) electrons. The Morgan fingerprint density at radius 2 is 2.15 bits per heavy atom. The first-order chi connectivity index (χ1) is 9.65. The zero-order chi connectivity index (χ0) is 14.5. The Balaban J connectivity index is 2.19. The summed E-state index contributed by atoms with van der Waals surface area (Å²) in [6.45, 7) is 11.7. The van der Waals surface area contributed by atoms with Crippen LogP contribution < -0.4 is 15.0 Å². The van der Waals surface area contributed by atoms with Crippen LogP contribution in [0.3, 0.4) is 0 Å². The van der Waals surface area contributed by atoms with Crippen LogP contribution in [0.25, 0.3) is 0 Å². The van der Waals surface area contributed by atoms with Crippen molar-refractivity contribution in [1.29, 1.82) is 0 Å². The normalized spacial score (nSPS) is 23.1. The Morgan fingerprint density at radius 1 is 1.35 bits per heavy atom. The van der Waals surface area contributed by atoms with Gasteiger partial charge in [0, 0.05) is 36.9 Å². The van der Waals surface area contributed by atoms with E-state index in [0.717, 1.165) is 31.9 Å². The predicted molar refractivity (Wildman–Crippen MR) is 85.7 cm³/mol. The minimum atomic E-state index is 0.563. The highest BCUT2D eigenvalue weighted by molar-refractivity contribution is 5.52. The number of piperazine rings is 1. The number of benzene rings is 1. The molecule has 1 fully saturated rings. The lowest BCUT2D eigenvalue weighted by Crippen LogP contribution is -2.58. The van der Waals surface area contributed by atoms with E-state index in [1.54, 1.807) is 0 Å². The van der Waals surface area contributed by atoms with E-state index in [-0.39, 0.29) is 0 Å². The van der Waals surface area contributed by atoms with E-state index in [0.29, 0.717) is 18.0 Å². The van der Waals surface area contributed by atoms with Gasteiger partial charge in [-0.1, -0.05) is 26.8 Å². The second kappa shape index (κ2) is 6.98. The van der Waals surface area contributed by atoms with Crippen LogP contribution in [0.1, 0.15) is 34.1 Å². The maximum Gasteiger partial charge on any atom is 0.121 e. The molecule has 1 aromatic carbocycles.